The van der Waals surface area contributed by atoms with Crippen molar-refractivity contribution in [3.8, 4) is 11.5 Å². The zero-order chi connectivity index (χ0) is 20.6. The quantitative estimate of drug-likeness (QED) is 0.661. The molecule has 1 saturated heterocycles. The molecule has 0 amide bonds. The first kappa shape index (κ1) is 19.7. The molecular formula is C21H25N3O4S. The lowest BCUT2D eigenvalue weighted by Crippen LogP contribution is -2.30. The van der Waals surface area contributed by atoms with Gasteiger partial charge < -0.3 is 13.8 Å². The molecule has 1 unspecified atom stereocenters. The van der Waals surface area contributed by atoms with Crippen molar-refractivity contribution in [1.29, 1.82) is 0 Å². The van der Waals surface area contributed by atoms with Crippen LogP contribution in [0.1, 0.15) is 23.2 Å². The summed E-state index contributed by atoms with van der Waals surface area (Å²) in [5.41, 5.74) is 3.98. The number of sulfonamides is 1. The van der Waals surface area contributed by atoms with Crippen LogP contribution < -0.4 is 9.62 Å². The van der Waals surface area contributed by atoms with Crippen LogP contribution in [0.5, 0.6) is 0 Å². The summed E-state index contributed by atoms with van der Waals surface area (Å²) in [5.74, 6) is 1.06. The molecule has 3 aromatic rings. The molecular weight excluding hydrogens is 390 g/mol. The summed E-state index contributed by atoms with van der Waals surface area (Å²) in [6, 6.07) is 11.5. The molecule has 1 N–H and O–H groups in total. The number of furan rings is 1. The zero-order valence-electron chi connectivity index (χ0n) is 16.8. The van der Waals surface area contributed by atoms with E-state index in [1.54, 1.807) is 6.07 Å². The van der Waals surface area contributed by atoms with Gasteiger partial charge in [-0.05, 0) is 57.4 Å². The van der Waals surface area contributed by atoms with Gasteiger partial charge in [0.25, 0.3) is 10.0 Å². The van der Waals surface area contributed by atoms with E-state index in [0.29, 0.717) is 18.1 Å². The van der Waals surface area contributed by atoms with E-state index >= 15 is 0 Å². The van der Waals surface area contributed by atoms with Crippen LogP contribution in [0, 0.1) is 26.7 Å². The first-order valence-corrected chi connectivity index (χ1v) is 11.2. The molecule has 0 saturated carbocycles. The molecule has 1 atom stereocenters. The summed E-state index contributed by atoms with van der Waals surface area (Å²) in [6.45, 7) is 7.87. The van der Waals surface area contributed by atoms with Gasteiger partial charge in [0, 0.05) is 30.9 Å². The van der Waals surface area contributed by atoms with Crippen LogP contribution in [0.3, 0.4) is 0 Å². The molecule has 1 aromatic carbocycles. The van der Waals surface area contributed by atoms with E-state index in [4.69, 9.17) is 8.94 Å². The molecule has 0 spiro atoms. The van der Waals surface area contributed by atoms with Gasteiger partial charge in [-0.15, -0.1) is 0 Å². The van der Waals surface area contributed by atoms with Crippen LogP contribution >= 0.6 is 0 Å². The third kappa shape index (κ3) is 4.09. The van der Waals surface area contributed by atoms with Gasteiger partial charge in [0.15, 0.2) is 5.76 Å². The highest BCUT2D eigenvalue weighted by Gasteiger charge is 2.27. The van der Waals surface area contributed by atoms with Crippen molar-refractivity contribution in [1.82, 2.24) is 9.88 Å². The number of aryl methyl sites for hydroxylation is 2. The number of nitrogens with one attached hydrogen (secondary N) is 1. The first-order valence-electron chi connectivity index (χ1n) is 9.68. The van der Waals surface area contributed by atoms with Crippen molar-refractivity contribution in [2.24, 2.45) is 5.92 Å². The van der Waals surface area contributed by atoms with Crippen LogP contribution in [0.15, 0.2) is 50.4 Å². The summed E-state index contributed by atoms with van der Waals surface area (Å²) in [6.07, 6.45) is 0.941. The number of aromatic nitrogens is 1. The molecule has 0 bridgehead atoms. The molecule has 3 heterocycles. The van der Waals surface area contributed by atoms with E-state index in [2.05, 4.69) is 46.0 Å². The molecule has 8 heteroatoms. The topological polar surface area (TPSA) is 88.6 Å². The van der Waals surface area contributed by atoms with Crippen LogP contribution in [-0.2, 0) is 10.0 Å². The Morgan fingerprint density at radius 2 is 1.90 bits per heavy atom. The Hall–Kier alpha value is -2.58. The Balaban J connectivity index is 1.38. The van der Waals surface area contributed by atoms with E-state index in [1.807, 2.05) is 13.8 Å². The van der Waals surface area contributed by atoms with E-state index in [-0.39, 0.29) is 11.0 Å². The fourth-order valence-electron chi connectivity index (χ4n) is 3.52. The van der Waals surface area contributed by atoms with Crippen molar-refractivity contribution in [3.63, 3.8) is 0 Å². The maximum atomic E-state index is 12.6. The second kappa shape index (κ2) is 7.68. The normalized spacial score (nSPS) is 17.2. The number of anilines is 1. The summed E-state index contributed by atoms with van der Waals surface area (Å²) >= 11 is 0. The standard InChI is InChI=1S/C21H25N3O4S/c1-14-4-6-18(7-5-14)24-11-10-17(13-24)12-22-29(25,26)20-9-8-19(27-20)21-15(2)16(3)23-28-21/h4-9,17,22H,10-13H2,1-3H3. The fourth-order valence-corrected chi connectivity index (χ4v) is 4.56. The minimum Gasteiger partial charge on any atom is -0.440 e. The molecule has 0 aliphatic carbocycles. The van der Waals surface area contributed by atoms with Crippen LogP contribution in [0.4, 0.5) is 5.69 Å². The molecule has 1 aliphatic heterocycles. The third-order valence-electron chi connectivity index (χ3n) is 5.47. The lowest BCUT2D eigenvalue weighted by molar-refractivity contribution is 0.396. The Kier molecular flexibility index (Phi) is 5.23. The number of hydrogen-bond acceptors (Lipinski definition) is 6. The van der Waals surface area contributed by atoms with Crippen molar-refractivity contribution >= 4 is 15.7 Å². The van der Waals surface area contributed by atoms with Gasteiger partial charge in [-0.25, -0.2) is 13.1 Å². The number of benzene rings is 1. The van der Waals surface area contributed by atoms with Gasteiger partial charge in [0.1, 0.15) is 0 Å². The van der Waals surface area contributed by atoms with Gasteiger partial charge >= 0.3 is 0 Å². The highest BCUT2D eigenvalue weighted by Crippen LogP contribution is 2.29. The Bertz CT molecular complexity index is 1100. The van der Waals surface area contributed by atoms with E-state index < -0.39 is 10.0 Å². The van der Waals surface area contributed by atoms with Crippen molar-refractivity contribution < 1.29 is 17.4 Å². The second-order valence-electron chi connectivity index (χ2n) is 7.63. The largest absolute Gasteiger partial charge is 0.440 e. The lowest BCUT2D eigenvalue weighted by atomic mass is 10.1. The minimum absolute atomic E-state index is 0.116. The fraction of sp³-hybridized carbons (Fsp3) is 0.381. The summed E-state index contributed by atoms with van der Waals surface area (Å²) in [7, 11) is -3.73. The van der Waals surface area contributed by atoms with Gasteiger partial charge in [-0.2, -0.15) is 0 Å². The van der Waals surface area contributed by atoms with Gasteiger partial charge in [0.05, 0.1) is 5.69 Å². The number of hydrogen-bond donors (Lipinski definition) is 1. The molecule has 154 valence electrons. The summed E-state index contributed by atoms with van der Waals surface area (Å²) < 4.78 is 38.8. The maximum Gasteiger partial charge on any atom is 0.273 e. The van der Waals surface area contributed by atoms with E-state index in [9.17, 15) is 8.42 Å². The minimum atomic E-state index is -3.73. The van der Waals surface area contributed by atoms with Crippen LogP contribution in [0.25, 0.3) is 11.5 Å². The average Bonchev–Trinajstić information content (AvgIpc) is 3.43. The molecule has 29 heavy (non-hydrogen) atoms. The highest BCUT2D eigenvalue weighted by molar-refractivity contribution is 7.89. The monoisotopic (exact) mass is 415 g/mol. The van der Waals surface area contributed by atoms with Crippen molar-refractivity contribution in [3.05, 3.63) is 53.2 Å². The zero-order valence-corrected chi connectivity index (χ0v) is 17.6. The SMILES string of the molecule is Cc1ccc(N2CCC(CNS(=O)(=O)c3ccc(-c4onc(C)c4C)o3)C2)cc1. The average molecular weight is 416 g/mol. The third-order valence-corrected chi connectivity index (χ3v) is 6.77. The summed E-state index contributed by atoms with van der Waals surface area (Å²) in [4.78, 5) is 2.29. The highest BCUT2D eigenvalue weighted by atomic mass is 32.2. The molecule has 1 fully saturated rings. The maximum absolute atomic E-state index is 12.6. The Morgan fingerprint density at radius 3 is 2.59 bits per heavy atom. The van der Waals surface area contributed by atoms with Crippen molar-refractivity contribution in [2.75, 3.05) is 24.5 Å². The molecule has 2 aromatic heterocycles. The lowest BCUT2D eigenvalue weighted by Gasteiger charge is -2.19. The van der Waals surface area contributed by atoms with E-state index in [0.717, 1.165) is 30.8 Å². The molecule has 4 rings (SSSR count). The Labute approximate surface area is 170 Å². The predicted octanol–water partition coefficient (Wildman–Crippen LogP) is 3.66. The smallest absolute Gasteiger partial charge is 0.273 e. The number of rotatable bonds is 6. The predicted molar refractivity (Wildman–Crippen MR) is 110 cm³/mol. The Morgan fingerprint density at radius 1 is 1.14 bits per heavy atom. The van der Waals surface area contributed by atoms with E-state index in [1.165, 1.54) is 17.3 Å². The molecule has 7 nitrogen and oxygen atoms in total. The van der Waals surface area contributed by atoms with Crippen LogP contribution in [0.2, 0.25) is 0 Å². The molecule has 0 radical (unpaired) electrons. The summed E-state index contributed by atoms with van der Waals surface area (Å²) in [5, 5.41) is 3.77. The number of nitrogens with zero attached hydrogens (tertiary/aromatic N) is 2. The molecule has 1 aliphatic rings. The van der Waals surface area contributed by atoms with Gasteiger partial charge in [-0.3, -0.25) is 0 Å². The van der Waals surface area contributed by atoms with Crippen LogP contribution in [-0.4, -0.2) is 33.2 Å². The van der Waals surface area contributed by atoms with Gasteiger partial charge in [0.2, 0.25) is 10.9 Å². The first-order chi connectivity index (χ1) is 13.8. The second-order valence-corrected chi connectivity index (χ2v) is 9.33. The van der Waals surface area contributed by atoms with Gasteiger partial charge in [-0.1, -0.05) is 22.9 Å². The van der Waals surface area contributed by atoms with Crippen molar-refractivity contribution in [2.45, 2.75) is 32.3 Å².